The number of rotatable bonds is 8. The number of benzene rings is 2. The maximum absolute atomic E-state index is 13.4. The minimum Gasteiger partial charge on any atom is -0.459 e. The van der Waals surface area contributed by atoms with Gasteiger partial charge >= 0.3 is 23.9 Å². The summed E-state index contributed by atoms with van der Waals surface area (Å²) in [5.74, 6) is -3.00. The van der Waals surface area contributed by atoms with Crippen molar-refractivity contribution in [1.29, 1.82) is 0 Å². The second kappa shape index (κ2) is 12.9. The Morgan fingerprint density at radius 2 is 1.22 bits per heavy atom. The SMILES string of the molecule is CC(=O)OC1C(OC(=O)/C=C/c2ccccc2)CC(C)C23OC(C)(C)C(CC(OC(=O)/C=C/c4ccccc4)C12C)C3OC(C)=O. The molecule has 0 aromatic heterocycles. The molecule has 2 bridgehead atoms. The van der Waals surface area contributed by atoms with Gasteiger partial charge in [-0.3, -0.25) is 9.59 Å². The van der Waals surface area contributed by atoms with Gasteiger partial charge in [-0.15, -0.1) is 0 Å². The molecule has 244 valence electrons. The zero-order chi connectivity index (χ0) is 33.3. The van der Waals surface area contributed by atoms with Crippen LogP contribution in [0.4, 0.5) is 0 Å². The lowest BCUT2D eigenvalue weighted by Crippen LogP contribution is -2.76. The molecule has 9 nitrogen and oxygen atoms in total. The van der Waals surface area contributed by atoms with Crippen molar-refractivity contribution in [3.63, 3.8) is 0 Å². The molecule has 1 heterocycles. The summed E-state index contributed by atoms with van der Waals surface area (Å²) < 4.78 is 31.3. The number of hydrogen-bond donors (Lipinski definition) is 0. The molecule has 0 amide bonds. The normalized spacial score (nSPS) is 32.8. The summed E-state index contributed by atoms with van der Waals surface area (Å²) in [4.78, 5) is 51.8. The molecule has 3 aliphatic rings. The Morgan fingerprint density at radius 1 is 0.717 bits per heavy atom. The number of esters is 4. The lowest BCUT2D eigenvalue weighted by atomic mass is 9.48. The largest absolute Gasteiger partial charge is 0.459 e. The molecular weight excluding hydrogens is 588 g/mol. The highest BCUT2D eigenvalue weighted by molar-refractivity contribution is 5.88. The first-order valence-corrected chi connectivity index (χ1v) is 15.7. The molecule has 1 aliphatic heterocycles. The van der Waals surface area contributed by atoms with Crippen LogP contribution in [0, 0.1) is 17.3 Å². The second-order valence-electron chi connectivity index (χ2n) is 13.2. The Balaban J connectivity index is 1.56. The summed E-state index contributed by atoms with van der Waals surface area (Å²) in [7, 11) is 0. The van der Waals surface area contributed by atoms with Crippen molar-refractivity contribution < 1.29 is 42.9 Å². The highest BCUT2D eigenvalue weighted by Gasteiger charge is 2.80. The molecule has 3 fully saturated rings. The lowest BCUT2D eigenvalue weighted by molar-refractivity contribution is -0.306. The van der Waals surface area contributed by atoms with E-state index in [-0.39, 0.29) is 24.7 Å². The van der Waals surface area contributed by atoms with Crippen LogP contribution in [0.25, 0.3) is 12.2 Å². The Labute approximate surface area is 269 Å². The Morgan fingerprint density at radius 3 is 1.74 bits per heavy atom. The molecule has 2 saturated carbocycles. The zero-order valence-electron chi connectivity index (χ0n) is 27.1. The monoisotopic (exact) mass is 630 g/mol. The van der Waals surface area contributed by atoms with Crippen LogP contribution in [0.2, 0.25) is 0 Å². The maximum atomic E-state index is 13.4. The predicted octanol–water partition coefficient (Wildman–Crippen LogP) is 5.71. The van der Waals surface area contributed by atoms with Gasteiger partial charge in [0.2, 0.25) is 0 Å². The van der Waals surface area contributed by atoms with Crippen molar-refractivity contribution in [2.75, 3.05) is 0 Å². The molecule has 0 N–H and O–H groups in total. The molecule has 46 heavy (non-hydrogen) atoms. The molecule has 1 saturated heterocycles. The van der Waals surface area contributed by atoms with Gasteiger partial charge in [0, 0.05) is 31.9 Å². The van der Waals surface area contributed by atoms with Crippen LogP contribution in [-0.4, -0.2) is 59.5 Å². The van der Waals surface area contributed by atoms with Crippen LogP contribution in [-0.2, 0) is 42.9 Å². The number of hydrogen-bond acceptors (Lipinski definition) is 9. The van der Waals surface area contributed by atoms with Crippen molar-refractivity contribution in [2.45, 2.75) is 90.0 Å². The smallest absolute Gasteiger partial charge is 0.331 e. The number of fused-ring (bicyclic) bond motifs is 1. The molecule has 2 aliphatic carbocycles. The van der Waals surface area contributed by atoms with Crippen LogP contribution in [0.5, 0.6) is 0 Å². The number of carbonyl (C=O) groups excluding carboxylic acids is 4. The molecule has 8 atom stereocenters. The minimum atomic E-state index is -1.30. The van der Waals surface area contributed by atoms with E-state index in [9.17, 15) is 19.2 Å². The fraction of sp³-hybridized carbons (Fsp3) is 0.459. The van der Waals surface area contributed by atoms with Crippen molar-refractivity contribution in [3.8, 4) is 0 Å². The van der Waals surface area contributed by atoms with E-state index in [0.717, 1.165) is 11.1 Å². The van der Waals surface area contributed by atoms with Crippen LogP contribution >= 0.6 is 0 Å². The van der Waals surface area contributed by atoms with Gasteiger partial charge in [-0.2, -0.15) is 0 Å². The molecular formula is C37H42O9. The van der Waals surface area contributed by atoms with E-state index in [2.05, 4.69) is 0 Å². The molecule has 0 radical (unpaired) electrons. The number of carbonyl (C=O) groups is 4. The summed E-state index contributed by atoms with van der Waals surface area (Å²) in [5, 5.41) is 0. The third-order valence-corrected chi connectivity index (χ3v) is 9.87. The lowest BCUT2D eigenvalue weighted by Gasteiger charge is -2.62. The standard InChI is InChI=1S/C37H42O9/c1-23-21-29(44-31(40)19-17-26-13-9-7-10-14-26)34(43-25(3)39)36(6)30(45-32(41)20-18-27-15-11-8-12-16-27)22-28-33(42-24(2)38)37(23,36)46-35(28,4)5/h7-20,23,28-30,33-34H,21-22H2,1-6H3/b19-17+,20-18+. The fourth-order valence-electron chi connectivity index (χ4n) is 7.97. The van der Waals surface area contributed by atoms with E-state index >= 15 is 0 Å². The van der Waals surface area contributed by atoms with Gasteiger partial charge in [-0.1, -0.05) is 67.6 Å². The molecule has 8 unspecified atom stereocenters. The van der Waals surface area contributed by atoms with Crippen LogP contribution in [0.15, 0.2) is 72.8 Å². The summed E-state index contributed by atoms with van der Waals surface area (Å²) >= 11 is 0. The predicted molar refractivity (Wildman–Crippen MR) is 170 cm³/mol. The molecule has 2 aromatic rings. The minimum absolute atomic E-state index is 0.244. The van der Waals surface area contributed by atoms with Crippen molar-refractivity contribution >= 4 is 36.0 Å². The molecule has 9 heteroatoms. The van der Waals surface area contributed by atoms with E-state index < -0.39 is 64.9 Å². The van der Waals surface area contributed by atoms with Crippen molar-refractivity contribution in [1.82, 2.24) is 0 Å². The summed E-state index contributed by atoms with van der Waals surface area (Å²) in [6.45, 7) is 10.2. The van der Waals surface area contributed by atoms with E-state index in [1.54, 1.807) is 12.2 Å². The Kier molecular flexibility index (Phi) is 9.27. The van der Waals surface area contributed by atoms with Crippen molar-refractivity contribution in [2.24, 2.45) is 17.3 Å². The third kappa shape index (κ3) is 6.12. The van der Waals surface area contributed by atoms with E-state index in [1.807, 2.05) is 88.4 Å². The van der Waals surface area contributed by atoms with E-state index in [1.165, 1.54) is 26.0 Å². The van der Waals surface area contributed by atoms with E-state index in [4.69, 9.17) is 23.7 Å². The van der Waals surface area contributed by atoms with Gasteiger partial charge in [-0.05, 0) is 62.8 Å². The highest BCUT2D eigenvalue weighted by atomic mass is 16.6. The summed E-state index contributed by atoms with van der Waals surface area (Å²) in [6, 6.07) is 18.7. The molecule has 1 spiro atoms. The van der Waals surface area contributed by atoms with Crippen molar-refractivity contribution in [3.05, 3.63) is 83.9 Å². The van der Waals surface area contributed by atoms with Crippen LogP contribution in [0.3, 0.4) is 0 Å². The second-order valence-corrected chi connectivity index (χ2v) is 13.2. The zero-order valence-corrected chi connectivity index (χ0v) is 27.1. The quantitative estimate of drug-likeness (QED) is 0.205. The number of ether oxygens (including phenoxy) is 5. The van der Waals surface area contributed by atoms with Gasteiger partial charge in [-0.25, -0.2) is 9.59 Å². The highest BCUT2D eigenvalue weighted by Crippen LogP contribution is 2.67. The van der Waals surface area contributed by atoms with Gasteiger partial charge in [0.05, 0.1) is 11.0 Å². The average molecular weight is 631 g/mol. The first-order chi connectivity index (χ1) is 21.8. The van der Waals surface area contributed by atoms with E-state index in [0.29, 0.717) is 0 Å². The average Bonchev–Trinajstić information content (AvgIpc) is 3.18. The topological polar surface area (TPSA) is 114 Å². The summed E-state index contributed by atoms with van der Waals surface area (Å²) in [5.41, 5.74) is -1.70. The maximum Gasteiger partial charge on any atom is 0.331 e. The Hall–Kier alpha value is -4.24. The first kappa shape index (κ1) is 33.1. The van der Waals surface area contributed by atoms with Crippen LogP contribution in [0.1, 0.15) is 65.5 Å². The summed E-state index contributed by atoms with van der Waals surface area (Å²) in [6.07, 6.45) is 2.90. The van der Waals surface area contributed by atoms with Gasteiger partial charge in [0.1, 0.15) is 23.9 Å². The van der Waals surface area contributed by atoms with Crippen LogP contribution < -0.4 is 0 Å². The third-order valence-electron chi connectivity index (χ3n) is 9.87. The molecule has 5 rings (SSSR count). The Bertz CT molecular complexity index is 1510. The fourth-order valence-corrected chi connectivity index (χ4v) is 7.97. The molecule has 2 aromatic carbocycles. The van der Waals surface area contributed by atoms with Gasteiger partial charge in [0.25, 0.3) is 0 Å². The van der Waals surface area contributed by atoms with Gasteiger partial charge < -0.3 is 23.7 Å². The first-order valence-electron chi connectivity index (χ1n) is 15.7. The van der Waals surface area contributed by atoms with Gasteiger partial charge in [0.15, 0.2) is 6.10 Å².